The molecule has 2 aromatic carbocycles. The van der Waals surface area contributed by atoms with Crippen LogP contribution in [-0.2, 0) is 4.79 Å². The molecule has 1 amide bonds. The fourth-order valence-electron chi connectivity index (χ4n) is 2.37. The van der Waals surface area contributed by atoms with E-state index in [4.69, 9.17) is 21.1 Å². The van der Waals surface area contributed by atoms with Gasteiger partial charge in [0.05, 0.1) is 18.2 Å². The van der Waals surface area contributed by atoms with E-state index in [1.807, 2.05) is 39.0 Å². The zero-order chi connectivity index (χ0) is 20.7. The van der Waals surface area contributed by atoms with E-state index in [2.05, 4.69) is 5.32 Å². The highest BCUT2D eigenvalue weighted by molar-refractivity contribution is 6.32. The lowest BCUT2D eigenvalue weighted by Gasteiger charge is -2.17. The second-order valence-corrected chi connectivity index (χ2v) is 6.77. The molecule has 5 nitrogen and oxygen atoms in total. The number of rotatable bonds is 7. The van der Waals surface area contributed by atoms with Crippen molar-refractivity contribution in [1.29, 1.82) is 5.26 Å². The predicted octanol–water partition coefficient (Wildman–Crippen LogP) is 5.38. The molecule has 1 atom stereocenters. The maximum absolute atomic E-state index is 12.4. The van der Waals surface area contributed by atoms with Gasteiger partial charge >= 0.3 is 0 Å². The van der Waals surface area contributed by atoms with Crippen LogP contribution in [0, 0.1) is 18.3 Å². The predicted molar refractivity (Wildman–Crippen MR) is 112 cm³/mol. The molecule has 0 radical (unpaired) electrons. The Morgan fingerprint density at radius 2 is 2.00 bits per heavy atom. The Hall–Kier alpha value is -2.97. The molecule has 2 rings (SSSR count). The van der Waals surface area contributed by atoms with Crippen molar-refractivity contribution in [1.82, 2.24) is 0 Å². The number of ether oxygens (including phenoxy) is 2. The third-order valence-corrected chi connectivity index (χ3v) is 4.41. The van der Waals surface area contributed by atoms with Gasteiger partial charge in [-0.2, -0.15) is 5.26 Å². The molecule has 0 aromatic heterocycles. The molecule has 0 bridgehead atoms. The van der Waals surface area contributed by atoms with Gasteiger partial charge in [0.2, 0.25) is 0 Å². The van der Waals surface area contributed by atoms with E-state index in [9.17, 15) is 10.1 Å². The van der Waals surface area contributed by atoms with Crippen LogP contribution >= 0.6 is 11.6 Å². The van der Waals surface area contributed by atoms with Gasteiger partial charge in [0.15, 0.2) is 11.5 Å². The maximum atomic E-state index is 12.4. The van der Waals surface area contributed by atoms with Gasteiger partial charge in [-0.1, -0.05) is 36.2 Å². The number of nitrogens with one attached hydrogen (secondary N) is 1. The highest BCUT2D eigenvalue weighted by atomic mass is 35.5. The number of hydrogen-bond donors (Lipinski definition) is 1. The average molecular weight is 399 g/mol. The minimum absolute atomic E-state index is 0.0252. The van der Waals surface area contributed by atoms with Crippen molar-refractivity contribution in [2.75, 3.05) is 12.4 Å². The number of carbonyl (C=O) groups excluding carboxylic acids is 1. The first-order valence-corrected chi connectivity index (χ1v) is 9.29. The summed E-state index contributed by atoms with van der Waals surface area (Å²) in [6, 6.07) is 12.6. The Bertz CT molecular complexity index is 915. The molecular weight excluding hydrogens is 376 g/mol. The smallest absolute Gasteiger partial charge is 0.266 e. The first-order valence-electron chi connectivity index (χ1n) is 8.92. The molecule has 0 saturated heterocycles. The van der Waals surface area contributed by atoms with Crippen molar-refractivity contribution in [2.45, 2.75) is 33.3 Å². The summed E-state index contributed by atoms with van der Waals surface area (Å²) in [4.78, 5) is 12.4. The molecule has 28 heavy (non-hydrogen) atoms. The maximum Gasteiger partial charge on any atom is 0.266 e. The van der Waals surface area contributed by atoms with Crippen LogP contribution in [0.25, 0.3) is 6.08 Å². The van der Waals surface area contributed by atoms with Crippen LogP contribution in [0.1, 0.15) is 31.4 Å². The van der Waals surface area contributed by atoms with Crippen LogP contribution in [0.15, 0.2) is 42.0 Å². The zero-order valence-corrected chi connectivity index (χ0v) is 17.1. The number of halogens is 1. The Labute approximate surface area is 170 Å². The Morgan fingerprint density at radius 3 is 2.57 bits per heavy atom. The highest BCUT2D eigenvalue weighted by Crippen LogP contribution is 2.38. The van der Waals surface area contributed by atoms with E-state index in [1.165, 1.54) is 13.2 Å². The average Bonchev–Trinajstić information content (AvgIpc) is 2.69. The number of amides is 1. The summed E-state index contributed by atoms with van der Waals surface area (Å²) in [5, 5.41) is 12.5. The van der Waals surface area contributed by atoms with E-state index >= 15 is 0 Å². The fourth-order valence-corrected chi connectivity index (χ4v) is 2.64. The number of nitriles is 1. The van der Waals surface area contributed by atoms with Gasteiger partial charge in [0, 0.05) is 5.69 Å². The number of hydrogen-bond acceptors (Lipinski definition) is 4. The van der Waals surface area contributed by atoms with E-state index in [1.54, 1.807) is 24.3 Å². The van der Waals surface area contributed by atoms with Gasteiger partial charge in [-0.25, -0.2) is 0 Å². The molecule has 0 aliphatic heterocycles. The Kier molecular flexibility index (Phi) is 7.48. The van der Waals surface area contributed by atoms with Crippen LogP contribution in [0.3, 0.4) is 0 Å². The largest absolute Gasteiger partial charge is 0.493 e. The van der Waals surface area contributed by atoms with Gasteiger partial charge in [-0.05, 0) is 56.2 Å². The number of carbonyl (C=O) groups is 1. The molecule has 0 fully saturated rings. The second-order valence-electron chi connectivity index (χ2n) is 6.36. The number of methoxy groups -OCH3 is 1. The quantitative estimate of drug-likeness (QED) is 0.502. The number of nitrogens with zero attached hydrogens (tertiary/aromatic N) is 1. The van der Waals surface area contributed by atoms with Crippen LogP contribution in [0.2, 0.25) is 5.02 Å². The summed E-state index contributed by atoms with van der Waals surface area (Å²) in [6.07, 6.45) is 2.26. The molecule has 2 aromatic rings. The lowest BCUT2D eigenvalue weighted by Crippen LogP contribution is -2.13. The molecule has 1 N–H and O–H groups in total. The molecule has 0 saturated carbocycles. The fraction of sp³-hybridized carbons (Fsp3) is 0.273. The molecule has 0 unspecified atom stereocenters. The van der Waals surface area contributed by atoms with Crippen molar-refractivity contribution >= 4 is 29.3 Å². The molecule has 6 heteroatoms. The summed E-state index contributed by atoms with van der Waals surface area (Å²) in [5.41, 5.74) is 2.21. The van der Waals surface area contributed by atoms with Gasteiger partial charge < -0.3 is 14.8 Å². The van der Waals surface area contributed by atoms with Gasteiger partial charge in [-0.15, -0.1) is 0 Å². The molecule has 0 aliphatic carbocycles. The SMILES string of the molecule is CC[C@@H](C)Oc1c(Cl)cc(/C=C(/C#N)C(=O)Nc2ccc(C)cc2)cc1OC. The van der Waals surface area contributed by atoms with E-state index in [0.29, 0.717) is 27.8 Å². The van der Waals surface area contributed by atoms with E-state index in [-0.39, 0.29) is 11.7 Å². The lowest BCUT2D eigenvalue weighted by molar-refractivity contribution is -0.112. The molecule has 0 heterocycles. The number of benzene rings is 2. The van der Waals surface area contributed by atoms with Crippen molar-refractivity contribution in [3.8, 4) is 17.6 Å². The molecule has 0 aliphatic rings. The summed E-state index contributed by atoms with van der Waals surface area (Å²) in [6.45, 7) is 5.90. The van der Waals surface area contributed by atoms with Gasteiger partial charge in [0.25, 0.3) is 5.91 Å². The van der Waals surface area contributed by atoms with Crippen molar-refractivity contribution < 1.29 is 14.3 Å². The molecule has 146 valence electrons. The Balaban J connectivity index is 2.30. The third kappa shape index (κ3) is 5.51. The first kappa shape index (κ1) is 21.3. The van der Waals surface area contributed by atoms with Crippen LogP contribution in [0.5, 0.6) is 11.5 Å². The number of anilines is 1. The minimum Gasteiger partial charge on any atom is -0.493 e. The van der Waals surface area contributed by atoms with Crippen LogP contribution < -0.4 is 14.8 Å². The first-order chi connectivity index (χ1) is 13.4. The van der Waals surface area contributed by atoms with E-state index < -0.39 is 5.91 Å². The lowest BCUT2D eigenvalue weighted by atomic mass is 10.1. The Morgan fingerprint density at radius 1 is 1.32 bits per heavy atom. The van der Waals surface area contributed by atoms with Gasteiger partial charge in [0.1, 0.15) is 11.6 Å². The second kappa shape index (κ2) is 9.82. The highest BCUT2D eigenvalue weighted by Gasteiger charge is 2.16. The van der Waals surface area contributed by atoms with Crippen LogP contribution in [-0.4, -0.2) is 19.1 Å². The summed E-state index contributed by atoms with van der Waals surface area (Å²) in [5.74, 6) is 0.384. The van der Waals surface area contributed by atoms with Crippen molar-refractivity contribution in [3.05, 3.63) is 58.1 Å². The molecule has 0 spiro atoms. The zero-order valence-electron chi connectivity index (χ0n) is 16.4. The van der Waals surface area contributed by atoms with Gasteiger partial charge in [-0.3, -0.25) is 4.79 Å². The van der Waals surface area contributed by atoms with Crippen molar-refractivity contribution in [3.63, 3.8) is 0 Å². The summed E-state index contributed by atoms with van der Waals surface area (Å²) in [7, 11) is 1.51. The van der Waals surface area contributed by atoms with Crippen LogP contribution in [0.4, 0.5) is 5.69 Å². The summed E-state index contributed by atoms with van der Waals surface area (Å²) >= 11 is 6.35. The third-order valence-electron chi connectivity index (χ3n) is 4.13. The minimum atomic E-state index is -0.499. The molecular formula is C22H23ClN2O3. The monoisotopic (exact) mass is 398 g/mol. The van der Waals surface area contributed by atoms with E-state index in [0.717, 1.165) is 12.0 Å². The summed E-state index contributed by atoms with van der Waals surface area (Å²) < 4.78 is 11.2. The van der Waals surface area contributed by atoms with Crippen molar-refractivity contribution in [2.24, 2.45) is 0 Å². The standard InChI is InChI=1S/C22H23ClN2O3/c1-5-15(3)28-21-19(23)11-16(12-20(21)27-4)10-17(13-24)22(26)25-18-8-6-14(2)7-9-18/h6-12,15H,5H2,1-4H3,(H,25,26)/b17-10-/t15-/m1/s1. The topological polar surface area (TPSA) is 71.3 Å². The normalized spacial score (nSPS) is 12.1. The number of aryl methyl sites for hydroxylation is 1.